The van der Waals surface area contributed by atoms with Crippen molar-refractivity contribution >= 4 is 27.3 Å². The summed E-state index contributed by atoms with van der Waals surface area (Å²) >= 11 is 0. The number of sulfonamides is 1. The number of hydrogen-bond donors (Lipinski definition) is 1. The second-order valence-electron chi connectivity index (χ2n) is 7.97. The van der Waals surface area contributed by atoms with Crippen LogP contribution < -0.4 is 19.1 Å². The van der Waals surface area contributed by atoms with Crippen molar-refractivity contribution in [2.75, 3.05) is 49.0 Å². The van der Waals surface area contributed by atoms with E-state index in [-0.39, 0.29) is 10.8 Å². The van der Waals surface area contributed by atoms with Gasteiger partial charge in [-0.1, -0.05) is 0 Å². The number of ether oxygens (including phenoxy) is 2. The van der Waals surface area contributed by atoms with Gasteiger partial charge in [0.25, 0.3) is 15.9 Å². The Morgan fingerprint density at radius 2 is 1.53 bits per heavy atom. The number of hydrogen-bond acceptors (Lipinski definition) is 7. The summed E-state index contributed by atoms with van der Waals surface area (Å²) in [6.45, 7) is 3.51. The van der Waals surface area contributed by atoms with E-state index in [1.807, 2.05) is 17.0 Å². The van der Waals surface area contributed by atoms with Crippen LogP contribution in [0.4, 0.5) is 11.4 Å². The first kappa shape index (κ1) is 22.0. The van der Waals surface area contributed by atoms with Gasteiger partial charge in [0.2, 0.25) is 0 Å². The van der Waals surface area contributed by atoms with Gasteiger partial charge in [-0.05, 0) is 48.5 Å². The standard InChI is InChI=1S/C24H24N4O5S/c29-24(28-13-11-27(12-14-28)20-7-9-25-10-8-20)18-1-3-19(4-2-18)26-34(30,31)21-5-6-22-23(17-21)33-16-15-32-22/h1-10,17,26H,11-16H2. The van der Waals surface area contributed by atoms with Crippen LogP contribution in [0, 0.1) is 0 Å². The predicted octanol–water partition coefficient (Wildman–Crippen LogP) is 2.62. The zero-order valence-electron chi connectivity index (χ0n) is 18.4. The van der Waals surface area contributed by atoms with Crippen molar-refractivity contribution in [1.29, 1.82) is 0 Å². The number of nitrogens with zero attached hydrogens (tertiary/aromatic N) is 3. The van der Waals surface area contributed by atoms with E-state index in [9.17, 15) is 13.2 Å². The highest BCUT2D eigenvalue weighted by Crippen LogP contribution is 2.32. The van der Waals surface area contributed by atoms with Crippen molar-refractivity contribution in [3.05, 3.63) is 72.6 Å². The monoisotopic (exact) mass is 480 g/mol. The second-order valence-corrected chi connectivity index (χ2v) is 9.66. The molecule has 176 valence electrons. The summed E-state index contributed by atoms with van der Waals surface area (Å²) in [5.41, 5.74) is 1.98. The lowest BCUT2D eigenvalue weighted by molar-refractivity contribution is 0.0747. The summed E-state index contributed by atoms with van der Waals surface area (Å²) in [6, 6.07) is 14.9. The molecule has 1 amide bonds. The van der Waals surface area contributed by atoms with Gasteiger partial charge in [0.05, 0.1) is 4.90 Å². The van der Waals surface area contributed by atoms with E-state index in [2.05, 4.69) is 14.6 Å². The lowest BCUT2D eigenvalue weighted by Gasteiger charge is -2.36. The molecule has 34 heavy (non-hydrogen) atoms. The number of piperazine rings is 1. The quantitative estimate of drug-likeness (QED) is 0.599. The number of amides is 1. The average Bonchev–Trinajstić information content (AvgIpc) is 2.89. The van der Waals surface area contributed by atoms with Crippen molar-refractivity contribution in [3.63, 3.8) is 0 Å². The summed E-state index contributed by atoms with van der Waals surface area (Å²) in [5, 5.41) is 0. The highest BCUT2D eigenvalue weighted by Gasteiger charge is 2.23. The van der Waals surface area contributed by atoms with E-state index in [4.69, 9.17) is 9.47 Å². The molecule has 1 fully saturated rings. The number of rotatable bonds is 5. The fourth-order valence-corrected chi connectivity index (χ4v) is 5.06. The van der Waals surface area contributed by atoms with Crippen molar-refractivity contribution < 1.29 is 22.7 Å². The topological polar surface area (TPSA) is 101 Å². The number of pyridine rings is 1. The Morgan fingerprint density at radius 3 is 2.24 bits per heavy atom. The van der Waals surface area contributed by atoms with E-state index in [0.29, 0.717) is 49.1 Å². The zero-order chi connectivity index (χ0) is 23.5. The number of benzene rings is 2. The van der Waals surface area contributed by atoms with Gasteiger partial charge in [-0.3, -0.25) is 14.5 Å². The van der Waals surface area contributed by atoms with Crippen molar-refractivity contribution in [3.8, 4) is 11.5 Å². The minimum Gasteiger partial charge on any atom is -0.486 e. The lowest BCUT2D eigenvalue weighted by Crippen LogP contribution is -2.48. The fourth-order valence-electron chi connectivity index (χ4n) is 3.99. The molecule has 3 heterocycles. The highest BCUT2D eigenvalue weighted by molar-refractivity contribution is 7.92. The summed E-state index contributed by atoms with van der Waals surface area (Å²) in [7, 11) is -3.82. The molecular formula is C24H24N4O5S. The van der Waals surface area contributed by atoms with Crippen molar-refractivity contribution in [1.82, 2.24) is 9.88 Å². The third-order valence-electron chi connectivity index (χ3n) is 5.80. The molecule has 0 aliphatic carbocycles. The molecule has 2 aliphatic heterocycles. The minimum atomic E-state index is -3.82. The summed E-state index contributed by atoms with van der Waals surface area (Å²) in [4.78, 5) is 21.1. The molecule has 2 aromatic carbocycles. The first-order valence-electron chi connectivity index (χ1n) is 11.0. The van der Waals surface area contributed by atoms with Crippen LogP contribution in [0.25, 0.3) is 0 Å². The molecule has 0 radical (unpaired) electrons. The van der Waals surface area contributed by atoms with Gasteiger partial charge in [-0.2, -0.15) is 0 Å². The van der Waals surface area contributed by atoms with E-state index in [1.54, 1.807) is 42.7 Å². The number of carbonyl (C=O) groups excluding carboxylic acids is 1. The molecule has 3 aromatic rings. The molecule has 0 spiro atoms. The first-order chi connectivity index (χ1) is 16.5. The molecule has 5 rings (SSSR count). The number of aromatic nitrogens is 1. The van der Waals surface area contributed by atoms with Crippen LogP contribution in [0.2, 0.25) is 0 Å². The highest BCUT2D eigenvalue weighted by atomic mass is 32.2. The Balaban J connectivity index is 1.22. The second kappa shape index (κ2) is 9.22. The van der Waals surface area contributed by atoms with E-state index in [1.165, 1.54) is 12.1 Å². The average molecular weight is 481 g/mol. The summed E-state index contributed by atoms with van der Waals surface area (Å²) < 4.78 is 39.1. The van der Waals surface area contributed by atoms with Crippen molar-refractivity contribution in [2.24, 2.45) is 0 Å². The van der Waals surface area contributed by atoms with Crippen LogP contribution in [0.3, 0.4) is 0 Å². The van der Waals surface area contributed by atoms with E-state index in [0.717, 1.165) is 18.8 Å². The van der Waals surface area contributed by atoms with Gasteiger partial charge in [0.15, 0.2) is 11.5 Å². The minimum absolute atomic E-state index is 0.0731. The number of nitrogens with one attached hydrogen (secondary N) is 1. The lowest BCUT2D eigenvalue weighted by atomic mass is 10.1. The molecule has 1 aromatic heterocycles. The molecule has 0 bridgehead atoms. The molecule has 0 unspecified atom stereocenters. The maximum atomic E-state index is 12.9. The largest absolute Gasteiger partial charge is 0.486 e. The van der Waals surface area contributed by atoms with Gasteiger partial charge in [0.1, 0.15) is 13.2 Å². The third-order valence-corrected chi connectivity index (χ3v) is 7.18. The normalized spacial score (nSPS) is 15.6. The molecule has 0 atom stereocenters. The molecule has 1 saturated heterocycles. The molecule has 10 heteroatoms. The molecule has 9 nitrogen and oxygen atoms in total. The van der Waals surface area contributed by atoms with E-state index < -0.39 is 10.0 Å². The van der Waals surface area contributed by atoms with Gasteiger partial charge in [-0.25, -0.2) is 8.42 Å². The van der Waals surface area contributed by atoms with Gasteiger partial charge in [-0.15, -0.1) is 0 Å². The smallest absolute Gasteiger partial charge is 0.262 e. The summed E-state index contributed by atoms with van der Waals surface area (Å²) in [6.07, 6.45) is 3.52. The zero-order valence-corrected chi connectivity index (χ0v) is 19.2. The number of anilines is 2. The van der Waals surface area contributed by atoms with Crippen LogP contribution in [0.1, 0.15) is 10.4 Å². The molecule has 2 aliphatic rings. The van der Waals surface area contributed by atoms with Crippen LogP contribution >= 0.6 is 0 Å². The van der Waals surface area contributed by atoms with Gasteiger partial charge in [0, 0.05) is 61.6 Å². The Bertz CT molecular complexity index is 1270. The summed E-state index contributed by atoms with van der Waals surface area (Å²) in [5.74, 6) is 0.851. The third kappa shape index (κ3) is 4.62. The maximum absolute atomic E-state index is 12.9. The predicted molar refractivity (Wildman–Crippen MR) is 127 cm³/mol. The Hall–Kier alpha value is -3.79. The SMILES string of the molecule is O=C(c1ccc(NS(=O)(=O)c2ccc3c(c2)OCCO3)cc1)N1CCN(c2ccncc2)CC1. The maximum Gasteiger partial charge on any atom is 0.262 e. The Labute approximate surface area is 198 Å². The van der Waals surface area contributed by atoms with E-state index >= 15 is 0 Å². The number of carbonyl (C=O) groups is 1. The van der Waals surface area contributed by atoms with Crippen LogP contribution in [0.5, 0.6) is 11.5 Å². The van der Waals surface area contributed by atoms with Crippen LogP contribution in [-0.2, 0) is 10.0 Å². The van der Waals surface area contributed by atoms with Crippen LogP contribution in [-0.4, -0.2) is 63.6 Å². The van der Waals surface area contributed by atoms with Crippen LogP contribution in [0.15, 0.2) is 71.9 Å². The molecular weight excluding hydrogens is 456 g/mol. The molecule has 1 N–H and O–H groups in total. The Morgan fingerprint density at radius 1 is 0.853 bits per heavy atom. The van der Waals surface area contributed by atoms with Gasteiger partial charge >= 0.3 is 0 Å². The van der Waals surface area contributed by atoms with Gasteiger partial charge < -0.3 is 19.3 Å². The number of fused-ring (bicyclic) bond motifs is 1. The first-order valence-corrected chi connectivity index (χ1v) is 12.4. The Kier molecular flexibility index (Phi) is 5.97. The molecule has 0 saturated carbocycles. The van der Waals surface area contributed by atoms with Crippen molar-refractivity contribution in [2.45, 2.75) is 4.90 Å². The fraction of sp³-hybridized carbons (Fsp3) is 0.250.